The molecule has 0 bridgehead atoms. The molecule has 5 nitrogen and oxygen atoms in total. The molecule has 4 rings (SSSR count). The number of carbonyl (C=O) groups is 1. The summed E-state index contributed by atoms with van der Waals surface area (Å²) in [7, 11) is 0. The Morgan fingerprint density at radius 1 is 1.09 bits per heavy atom. The number of aromatic nitrogens is 2. The summed E-state index contributed by atoms with van der Waals surface area (Å²) in [5.74, 6) is 0.356. The van der Waals surface area contributed by atoms with Gasteiger partial charge in [0.05, 0.1) is 0 Å². The van der Waals surface area contributed by atoms with E-state index in [1.165, 1.54) is 6.33 Å². The molecule has 1 aromatic carbocycles. The van der Waals surface area contributed by atoms with Crippen LogP contribution in [0.25, 0.3) is 11.1 Å². The van der Waals surface area contributed by atoms with Crippen molar-refractivity contribution in [1.82, 2.24) is 15.3 Å². The molecule has 1 atom stereocenters. The van der Waals surface area contributed by atoms with Gasteiger partial charge in [-0.15, -0.1) is 0 Å². The van der Waals surface area contributed by atoms with Gasteiger partial charge in [0.15, 0.2) is 0 Å². The summed E-state index contributed by atoms with van der Waals surface area (Å²) in [5, 5.41) is 6.43. The summed E-state index contributed by atoms with van der Waals surface area (Å²) in [6.07, 6.45) is 8.37. The van der Waals surface area contributed by atoms with Gasteiger partial charge in [0.2, 0.25) is 5.91 Å². The van der Waals surface area contributed by atoms with E-state index in [0.717, 1.165) is 49.2 Å². The average molecular weight is 308 g/mol. The maximum absolute atomic E-state index is 12.5. The van der Waals surface area contributed by atoms with Crippen LogP contribution in [-0.4, -0.2) is 29.0 Å². The number of benzene rings is 1. The Morgan fingerprint density at radius 2 is 1.78 bits per heavy atom. The van der Waals surface area contributed by atoms with Crippen molar-refractivity contribution >= 4 is 11.6 Å². The minimum atomic E-state index is 0.169. The van der Waals surface area contributed by atoms with Gasteiger partial charge in [-0.2, -0.15) is 0 Å². The van der Waals surface area contributed by atoms with Crippen molar-refractivity contribution < 1.29 is 4.79 Å². The molecule has 1 saturated heterocycles. The number of amides is 1. The van der Waals surface area contributed by atoms with E-state index in [1.54, 1.807) is 12.4 Å². The molecule has 2 fully saturated rings. The zero-order chi connectivity index (χ0) is 15.7. The summed E-state index contributed by atoms with van der Waals surface area (Å²) in [6.45, 7) is 2.08. The van der Waals surface area contributed by atoms with Crippen molar-refractivity contribution in [3.63, 3.8) is 0 Å². The minimum Gasteiger partial charge on any atom is -0.326 e. The third kappa shape index (κ3) is 2.84. The van der Waals surface area contributed by atoms with Crippen molar-refractivity contribution in [3.05, 3.63) is 43.0 Å². The molecule has 1 aliphatic heterocycles. The van der Waals surface area contributed by atoms with Crippen LogP contribution in [0.1, 0.15) is 19.3 Å². The predicted octanol–water partition coefficient (Wildman–Crippen LogP) is 2.47. The fraction of sp³-hybridized carbons (Fsp3) is 0.389. The smallest absolute Gasteiger partial charge is 0.228 e. The second-order valence-corrected chi connectivity index (χ2v) is 6.56. The number of carbonyl (C=O) groups excluding carboxylic acids is 1. The molecule has 1 spiro atoms. The minimum absolute atomic E-state index is 0.169. The van der Waals surface area contributed by atoms with Crippen molar-refractivity contribution in [2.75, 3.05) is 18.4 Å². The first-order valence-electron chi connectivity index (χ1n) is 8.14. The number of rotatable bonds is 3. The number of anilines is 1. The van der Waals surface area contributed by atoms with Crippen molar-refractivity contribution in [2.45, 2.75) is 19.3 Å². The quantitative estimate of drug-likeness (QED) is 0.914. The summed E-state index contributed by atoms with van der Waals surface area (Å²) in [5.41, 5.74) is 3.15. The van der Waals surface area contributed by atoms with Gasteiger partial charge in [-0.3, -0.25) is 4.79 Å². The van der Waals surface area contributed by atoms with E-state index >= 15 is 0 Å². The van der Waals surface area contributed by atoms with Gasteiger partial charge in [-0.25, -0.2) is 9.97 Å². The Balaban J connectivity index is 1.41. The number of piperidine rings is 1. The van der Waals surface area contributed by atoms with Gasteiger partial charge in [-0.1, -0.05) is 12.1 Å². The van der Waals surface area contributed by atoms with Gasteiger partial charge < -0.3 is 10.6 Å². The molecule has 2 heterocycles. The Labute approximate surface area is 135 Å². The molecule has 2 N–H and O–H groups in total. The molecule has 1 aromatic heterocycles. The fourth-order valence-corrected chi connectivity index (χ4v) is 3.62. The van der Waals surface area contributed by atoms with Crippen LogP contribution in [0, 0.1) is 11.3 Å². The molecule has 5 heteroatoms. The fourth-order valence-electron chi connectivity index (χ4n) is 3.62. The van der Waals surface area contributed by atoms with Crippen LogP contribution in [0.4, 0.5) is 5.69 Å². The number of nitrogens with zero attached hydrogens (tertiary/aromatic N) is 2. The predicted molar refractivity (Wildman–Crippen MR) is 88.7 cm³/mol. The lowest BCUT2D eigenvalue weighted by molar-refractivity contribution is -0.118. The normalized spacial score (nSPS) is 21.8. The monoisotopic (exact) mass is 308 g/mol. The summed E-state index contributed by atoms with van der Waals surface area (Å²) in [6, 6.07) is 7.86. The van der Waals surface area contributed by atoms with Gasteiger partial charge in [-0.05, 0) is 55.5 Å². The number of nitrogens with one attached hydrogen (secondary N) is 2. The van der Waals surface area contributed by atoms with Gasteiger partial charge in [0.25, 0.3) is 0 Å². The molecule has 1 unspecified atom stereocenters. The van der Waals surface area contributed by atoms with Gasteiger partial charge in [0.1, 0.15) is 6.33 Å². The second-order valence-electron chi connectivity index (χ2n) is 6.56. The Morgan fingerprint density at radius 3 is 2.48 bits per heavy atom. The highest BCUT2D eigenvalue weighted by Crippen LogP contribution is 2.58. The van der Waals surface area contributed by atoms with E-state index in [4.69, 9.17) is 0 Å². The lowest BCUT2D eigenvalue weighted by Crippen LogP contribution is -2.31. The highest BCUT2D eigenvalue weighted by atomic mass is 16.2. The Hall–Kier alpha value is -2.27. The second kappa shape index (κ2) is 5.74. The van der Waals surface area contributed by atoms with Crippen molar-refractivity contribution in [3.8, 4) is 11.1 Å². The molecule has 2 aliphatic rings. The molecule has 118 valence electrons. The van der Waals surface area contributed by atoms with Crippen LogP contribution in [0.15, 0.2) is 43.0 Å². The highest BCUT2D eigenvalue weighted by molar-refractivity contribution is 5.95. The first-order valence-corrected chi connectivity index (χ1v) is 8.14. The first-order chi connectivity index (χ1) is 11.3. The number of hydrogen-bond donors (Lipinski definition) is 2. The average Bonchev–Trinajstić information content (AvgIpc) is 3.30. The molecule has 1 saturated carbocycles. The molecule has 23 heavy (non-hydrogen) atoms. The largest absolute Gasteiger partial charge is 0.326 e. The molecule has 1 aliphatic carbocycles. The Bertz CT molecular complexity index is 693. The summed E-state index contributed by atoms with van der Waals surface area (Å²) in [4.78, 5) is 20.5. The van der Waals surface area contributed by atoms with Crippen LogP contribution in [0.3, 0.4) is 0 Å². The van der Waals surface area contributed by atoms with Gasteiger partial charge >= 0.3 is 0 Å². The van der Waals surface area contributed by atoms with E-state index in [2.05, 4.69) is 20.6 Å². The Kier molecular flexibility index (Phi) is 3.58. The summed E-state index contributed by atoms with van der Waals surface area (Å²) < 4.78 is 0. The third-order valence-corrected chi connectivity index (χ3v) is 5.15. The van der Waals surface area contributed by atoms with E-state index in [1.807, 2.05) is 24.3 Å². The van der Waals surface area contributed by atoms with Crippen molar-refractivity contribution in [1.29, 1.82) is 0 Å². The van der Waals surface area contributed by atoms with E-state index in [9.17, 15) is 4.79 Å². The van der Waals surface area contributed by atoms with Crippen LogP contribution in [0.5, 0.6) is 0 Å². The maximum atomic E-state index is 12.5. The van der Waals surface area contributed by atoms with Crippen LogP contribution >= 0.6 is 0 Å². The SMILES string of the molecule is O=C(Nc1ccc(-c2cncnc2)cc1)C1CC12CCNCC2. The summed E-state index contributed by atoms with van der Waals surface area (Å²) >= 11 is 0. The van der Waals surface area contributed by atoms with E-state index in [-0.39, 0.29) is 17.2 Å². The lowest BCUT2D eigenvalue weighted by atomic mass is 9.92. The zero-order valence-electron chi connectivity index (χ0n) is 13.0. The molecule has 1 amide bonds. The topological polar surface area (TPSA) is 66.9 Å². The first kappa shape index (κ1) is 14.3. The standard InChI is InChI=1S/C18H20N4O/c23-17(16-9-18(16)5-7-19-8-6-18)22-15-3-1-13(2-4-15)14-10-20-12-21-11-14/h1-4,10-12,16,19H,5-9H2,(H,22,23). The zero-order valence-corrected chi connectivity index (χ0v) is 13.0. The van der Waals surface area contributed by atoms with Crippen LogP contribution in [0.2, 0.25) is 0 Å². The van der Waals surface area contributed by atoms with Crippen LogP contribution in [-0.2, 0) is 4.79 Å². The van der Waals surface area contributed by atoms with E-state index < -0.39 is 0 Å². The number of hydrogen-bond acceptors (Lipinski definition) is 4. The highest BCUT2D eigenvalue weighted by Gasteiger charge is 2.57. The molecule has 0 radical (unpaired) electrons. The molecule has 2 aromatic rings. The maximum Gasteiger partial charge on any atom is 0.228 e. The third-order valence-electron chi connectivity index (χ3n) is 5.15. The molecular weight excluding hydrogens is 288 g/mol. The van der Waals surface area contributed by atoms with Gasteiger partial charge in [0, 0.05) is 29.6 Å². The molecular formula is C18H20N4O. The van der Waals surface area contributed by atoms with E-state index in [0.29, 0.717) is 0 Å². The van der Waals surface area contributed by atoms with Crippen LogP contribution < -0.4 is 10.6 Å². The van der Waals surface area contributed by atoms with Crippen molar-refractivity contribution in [2.24, 2.45) is 11.3 Å². The lowest BCUT2D eigenvalue weighted by Gasteiger charge is -2.23.